The smallest absolute Gasteiger partial charge is 0.257 e. The molecule has 1 aromatic carbocycles. The lowest BCUT2D eigenvalue weighted by Crippen LogP contribution is -2.30. The fourth-order valence-electron chi connectivity index (χ4n) is 3.61. The first-order valence-corrected chi connectivity index (χ1v) is 9.78. The van der Waals surface area contributed by atoms with E-state index in [1.807, 2.05) is 24.0 Å². The van der Waals surface area contributed by atoms with Crippen molar-refractivity contribution in [2.75, 3.05) is 13.1 Å². The van der Waals surface area contributed by atoms with Gasteiger partial charge in [-0.1, -0.05) is 6.92 Å². The van der Waals surface area contributed by atoms with Gasteiger partial charge in [0, 0.05) is 25.5 Å². The van der Waals surface area contributed by atoms with Crippen LogP contribution < -0.4 is 0 Å². The quantitative estimate of drug-likeness (QED) is 0.643. The van der Waals surface area contributed by atoms with Gasteiger partial charge in [0.25, 0.3) is 5.91 Å². The third-order valence-electron chi connectivity index (χ3n) is 5.17. The minimum Gasteiger partial charge on any atom is -0.372 e. The van der Waals surface area contributed by atoms with E-state index in [1.54, 1.807) is 35.4 Å². The Hall–Kier alpha value is -3.06. The Morgan fingerprint density at radius 3 is 2.69 bits per heavy atom. The minimum atomic E-state index is -0.301. The van der Waals surface area contributed by atoms with Crippen molar-refractivity contribution in [3.05, 3.63) is 77.6 Å². The Kier molecular flexibility index (Phi) is 5.67. The van der Waals surface area contributed by atoms with E-state index in [2.05, 4.69) is 10.1 Å². The van der Waals surface area contributed by atoms with Crippen LogP contribution in [-0.2, 0) is 17.8 Å². The normalized spacial score (nSPS) is 16.3. The summed E-state index contributed by atoms with van der Waals surface area (Å²) >= 11 is 0. The molecule has 3 aromatic rings. The van der Waals surface area contributed by atoms with E-state index in [0.717, 1.165) is 23.4 Å². The van der Waals surface area contributed by atoms with Gasteiger partial charge in [0.1, 0.15) is 5.82 Å². The lowest BCUT2D eigenvalue weighted by Gasteiger charge is -2.17. The monoisotopic (exact) mass is 394 g/mol. The van der Waals surface area contributed by atoms with Crippen LogP contribution in [0.3, 0.4) is 0 Å². The van der Waals surface area contributed by atoms with E-state index in [0.29, 0.717) is 31.7 Å². The highest BCUT2D eigenvalue weighted by Gasteiger charge is 2.30. The van der Waals surface area contributed by atoms with E-state index in [9.17, 15) is 9.18 Å². The summed E-state index contributed by atoms with van der Waals surface area (Å²) in [6.07, 6.45) is 6.57. The molecule has 1 aliphatic heterocycles. The molecule has 1 atom stereocenters. The van der Waals surface area contributed by atoms with Gasteiger partial charge in [0.05, 0.1) is 35.9 Å². The summed E-state index contributed by atoms with van der Waals surface area (Å²) in [4.78, 5) is 18.9. The van der Waals surface area contributed by atoms with Gasteiger partial charge in [-0.3, -0.25) is 9.78 Å². The molecule has 0 spiro atoms. The second-order valence-corrected chi connectivity index (χ2v) is 7.08. The molecule has 1 unspecified atom stereocenters. The van der Waals surface area contributed by atoms with Crippen LogP contribution in [0.4, 0.5) is 4.39 Å². The molecule has 29 heavy (non-hydrogen) atoms. The molecule has 2 aromatic heterocycles. The second-order valence-electron chi connectivity index (χ2n) is 7.08. The molecule has 7 heteroatoms. The van der Waals surface area contributed by atoms with Gasteiger partial charge in [0.15, 0.2) is 0 Å². The summed E-state index contributed by atoms with van der Waals surface area (Å²) in [6, 6.07) is 9.96. The third kappa shape index (κ3) is 4.19. The molecule has 3 heterocycles. The highest BCUT2D eigenvalue weighted by Crippen LogP contribution is 2.21. The average Bonchev–Trinajstić information content (AvgIpc) is 3.40. The largest absolute Gasteiger partial charge is 0.372 e. The van der Waals surface area contributed by atoms with Crippen molar-refractivity contribution in [2.45, 2.75) is 32.5 Å². The summed E-state index contributed by atoms with van der Waals surface area (Å²) in [7, 11) is 0. The number of carbonyl (C=O) groups excluding carboxylic acids is 1. The van der Waals surface area contributed by atoms with Gasteiger partial charge < -0.3 is 9.64 Å². The summed E-state index contributed by atoms with van der Waals surface area (Å²) in [5.41, 5.74) is 3.22. The van der Waals surface area contributed by atoms with Gasteiger partial charge in [-0.15, -0.1) is 0 Å². The molecule has 0 radical (unpaired) electrons. The second kappa shape index (κ2) is 8.53. The number of hydrogen-bond donors (Lipinski definition) is 0. The standard InChI is InChI=1S/C22H23FN4O2/c1-2-21-20(13-25-27(21)18-5-3-17(23)4-6-18)22(28)26-12-9-19(14-26)29-15-16-7-10-24-11-8-16/h3-8,10-11,13,19H,2,9,12,14-15H2,1H3. The van der Waals surface area contributed by atoms with Crippen molar-refractivity contribution < 1.29 is 13.9 Å². The Labute approximate surface area is 168 Å². The number of nitrogens with zero attached hydrogens (tertiary/aromatic N) is 4. The lowest BCUT2D eigenvalue weighted by molar-refractivity contribution is 0.0437. The summed E-state index contributed by atoms with van der Waals surface area (Å²) in [5.74, 6) is -0.338. The maximum absolute atomic E-state index is 13.2. The molecule has 0 aliphatic carbocycles. The predicted molar refractivity (Wildman–Crippen MR) is 106 cm³/mol. The van der Waals surface area contributed by atoms with Crippen molar-refractivity contribution in [3.63, 3.8) is 0 Å². The first kappa shape index (κ1) is 19.3. The van der Waals surface area contributed by atoms with E-state index in [1.165, 1.54) is 12.1 Å². The number of amides is 1. The molecule has 4 rings (SSSR count). The highest BCUT2D eigenvalue weighted by molar-refractivity contribution is 5.95. The summed E-state index contributed by atoms with van der Waals surface area (Å²) in [6.45, 7) is 3.72. The SMILES string of the molecule is CCc1c(C(=O)N2CCC(OCc3ccncc3)C2)cnn1-c1ccc(F)cc1. The molecule has 6 nitrogen and oxygen atoms in total. The number of benzene rings is 1. The van der Waals surface area contributed by atoms with Crippen molar-refractivity contribution in [1.82, 2.24) is 19.7 Å². The average molecular weight is 394 g/mol. The topological polar surface area (TPSA) is 60.3 Å². The van der Waals surface area contributed by atoms with Gasteiger partial charge in [-0.05, 0) is 54.8 Å². The Bertz CT molecular complexity index is 972. The summed E-state index contributed by atoms with van der Waals surface area (Å²) in [5, 5.41) is 4.38. The number of ether oxygens (including phenoxy) is 1. The molecule has 0 saturated carbocycles. The molecular weight excluding hydrogens is 371 g/mol. The highest BCUT2D eigenvalue weighted by atomic mass is 19.1. The maximum Gasteiger partial charge on any atom is 0.257 e. The van der Waals surface area contributed by atoms with Crippen LogP contribution >= 0.6 is 0 Å². The van der Waals surface area contributed by atoms with Crippen molar-refractivity contribution in [2.24, 2.45) is 0 Å². The van der Waals surface area contributed by atoms with Gasteiger partial charge in [0.2, 0.25) is 0 Å². The van der Waals surface area contributed by atoms with Crippen LogP contribution in [0.1, 0.15) is 35.0 Å². The van der Waals surface area contributed by atoms with Crippen LogP contribution in [-0.4, -0.2) is 44.8 Å². The number of likely N-dealkylation sites (tertiary alicyclic amines) is 1. The zero-order chi connectivity index (χ0) is 20.2. The third-order valence-corrected chi connectivity index (χ3v) is 5.17. The van der Waals surface area contributed by atoms with E-state index in [4.69, 9.17) is 4.74 Å². The molecular formula is C22H23FN4O2. The fraction of sp³-hybridized carbons (Fsp3) is 0.318. The molecule has 150 valence electrons. The van der Waals surface area contributed by atoms with Crippen LogP contribution in [0.25, 0.3) is 5.69 Å². The first-order chi connectivity index (χ1) is 14.2. The Morgan fingerprint density at radius 2 is 1.97 bits per heavy atom. The molecule has 1 fully saturated rings. The van der Waals surface area contributed by atoms with Crippen molar-refractivity contribution in [3.8, 4) is 5.69 Å². The molecule has 0 N–H and O–H groups in total. The van der Waals surface area contributed by atoms with Crippen LogP contribution in [0.5, 0.6) is 0 Å². The van der Waals surface area contributed by atoms with Crippen LogP contribution in [0.2, 0.25) is 0 Å². The molecule has 1 amide bonds. The minimum absolute atomic E-state index is 0.0179. The number of aromatic nitrogens is 3. The Balaban J connectivity index is 1.44. The fourth-order valence-corrected chi connectivity index (χ4v) is 3.61. The zero-order valence-electron chi connectivity index (χ0n) is 16.3. The molecule has 1 aliphatic rings. The van der Waals surface area contributed by atoms with Crippen molar-refractivity contribution in [1.29, 1.82) is 0 Å². The number of hydrogen-bond acceptors (Lipinski definition) is 4. The van der Waals surface area contributed by atoms with Crippen molar-refractivity contribution >= 4 is 5.91 Å². The Morgan fingerprint density at radius 1 is 1.21 bits per heavy atom. The first-order valence-electron chi connectivity index (χ1n) is 9.78. The van der Waals surface area contributed by atoms with Gasteiger partial charge in [-0.25, -0.2) is 9.07 Å². The van der Waals surface area contributed by atoms with Gasteiger partial charge in [-0.2, -0.15) is 5.10 Å². The van der Waals surface area contributed by atoms with Crippen LogP contribution in [0.15, 0.2) is 55.0 Å². The number of halogens is 1. The summed E-state index contributed by atoms with van der Waals surface area (Å²) < 4.78 is 20.9. The van der Waals surface area contributed by atoms with E-state index < -0.39 is 0 Å². The number of carbonyl (C=O) groups is 1. The molecule has 1 saturated heterocycles. The predicted octanol–water partition coefficient (Wildman–Crippen LogP) is 3.40. The van der Waals surface area contributed by atoms with Crippen LogP contribution in [0, 0.1) is 5.82 Å². The number of pyridine rings is 1. The number of rotatable bonds is 6. The van der Waals surface area contributed by atoms with Gasteiger partial charge >= 0.3 is 0 Å². The van der Waals surface area contributed by atoms with E-state index >= 15 is 0 Å². The molecule has 0 bridgehead atoms. The van der Waals surface area contributed by atoms with E-state index in [-0.39, 0.29) is 17.8 Å². The zero-order valence-corrected chi connectivity index (χ0v) is 16.3. The maximum atomic E-state index is 13.2. The lowest BCUT2D eigenvalue weighted by atomic mass is 10.1.